The molecule has 0 aliphatic carbocycles. The van der Waals surface area contributed by atoms with Crippen LogP contribution in [0.2, 0.25) is 5.02 Å². The van der Waals surface area contributed by atoms with Gasteiger partial charge >= 0.3 is 0 Å². The molecule has 2 aromatic heterocycles. The number of hydrogen-bond acceptors (Lipinski definition) is 6. The molecular weight excluding hydrogens is 387 g/mol. The highest BCUT2D eigenvalue weighted by Crippen LogP contribution is 2.24. The van der Waals surface area contributed by atoms with Gasteiger partial charge in [-0.1, -0.05) is 16.8 Å². The van der Waals surface area contributed by atoms with Gasteiger partial charge in [-0.2, -0.15) is 10.1 Å². The van der Waals surface area contributed by atoms with Gasteiger partial charge in [0.05, 0.1) is 17.8 Å². The van der Waals surface area contributed by atoms with Crippen LogP contribution >= 0.6 is 11.6 Å². The van der Waals surface area contributed by atoms with Crippen molar-refractivity contribution < 1.29 is 13.7 Å². The van der Waals surface area contributed by atoms with E-state index in [1.807, 2.05) is 0 Å². The van der Waals surface area contributed by atoms with Crippen LogP contribution in [0, 0.1) is 5.82 Å². The van der Waals surface area contributed by atoms with Crippen LogP contribution in [-0.4, -0.2) is 27.0 Å². The largest absolute Gasteiger partial charge is 0.497 e. The molecule has 0 fully saturated rings. The van der Waals surface area contributed by atoms with Crippen molar-refractivity contribution in [3.63, 3.8) is 0 Å². The second-order valence-corrected chi connectivity index (χ2v) is 6.13. The fraction of sp³-hybridized carbons (Fsp3) is 0.0526. The topological polar surface area (TPSA) is 83.0 Å². The third kappa shape index (κ3) is 3.37. The average Bonchev–Trinajstić information content (AvgIpc) is 3.20. The molecule has 0 radical (unpaired) electrons. The Morgan fingerprint density at radius 3 is 2.64 bits per heavy atom. The molecule has 0 spiro atoms. The summed E-state index contributed by atoms with van der Waals surface area (Å²) in [7, 11) is 1.57. The SMILES string of the molecule is COc1ccc(-n2ccc(=O)c(-c3nc(-c4ccc(Cl)c(F)c4)no3)n2)cc1. The number of rotatable bonds is 4. The molecular formula is C19H12ClFN4O3. The molecule has 0 aliphatic rings. The van der Waals surface area contributed by atoms with E-state index in [0.29, 0.717) is 17.0 Å². The summed E-state index contributed by atoms with van der Waals surface area (Å²) in [5.74, 6) is 0.136. The monoisotopic (exact) mass is 398 g/mol. The molecule has 28 heavy (non-hydrogen) atoms. The number of methoxy groups -OCH3 is 1. The van der Waals surface area contributed by atoms with E-state index in [1.165, 1.54) is 29.1 Å². The summed E-state index contributed by atoms with van der Waals surface area (Å²) < 4.78 is 25.5. The van der Waals surface area contributed by atoms with E-state index in [2.05, 4.69) is 15.2 Å². The standard InChI is InChI=1S/C19H12ClFN4O3/c1-27-13-5-3-12(4-6-13)25-9-8-16(26)17(23-25)19-22-18(24-28-19)11-2-7-14(20)15(21)10-11/h2-10H,1H3. The van der Waals surface area contributed by atoms with Gasteiger partial charge < -0.3 is 9.26 Å². The zero-order chi connectivity index (χ0) is 19.7. The molecule has 0 N–H and O–H groups in total. The minimum absolute atomic E-state index is 0.0143. The van der Waals surface area contributed by atoms with Crippen molar-refractivity contribution in [3.8, 4) is 34.4 Å². The Kier molecular flexibility index (Phi) is 4.62. The Bertz CT molecular complexity index is 1200. The van der Waals surface area contributed by atoms with Gasteiger partial charge in [-0.25, -0.2) is 9.07 Å². The highest BCUT2D eigenvalue weighted by molar-refractivity contribution is 6.30. The molecule has 2 heterocycles. The minimum atomic E-state index is -0.606. The Morgan fingerprint density at radius 2 is 1.93 bits per heavy atom. The van der Waals surface area contributed by atoms with Gasteiger partial charge in [-0.05, 0) is 42.5 Å². The van der Waals surface area contributed by atoms with Gasteiger partial charge in [-0.15, -0.1) is 0 Å². The maximum absolute atomic E-state index is 13.7. The smallest absolute Gasteiger partial charge is 0.282 e. The molecule has 140 valence electrons. The summed E-state index contributed by atoms with van der Waals surface area (Å²) in [6.07, 6.45) is 1.53. The van der Waals surface area contributed by atoms with Crippen molar-refractivity contribution >= 4 is 11.6 Å². The van der Waals surface area contributed by atoms with Gasteiger partial charge in [0.2, 0.25) is 11.3 Å². The summed E-state index contributed by atoms with van der Waals surface area (Å²) in [6.45, 7) is 0. The molecule has 0 saturated carbocycles. The Labute approximate surface area is 163 Å². The molecule has 0 saturated heterocycles. The Hall–Kier alpha value is -3.52. The van der Waals surface area contributed by atoms with Gasteiger partial charge in [0, 0.05) is 17.8 Å². The summed E-state index contributed by atoms with van der Waals surface area (Å²) >= 11 is 5.68. The summed E-state index contributed by atoms with van der Waals surface area (Å²) in [5, 5.41) is 8.06. The van der Waals surface area contributed by atoms with Crippen LogP contribution in [-0.2, 0) is 0 Å². The number of hydrogen-bond donors (Lipinski definition) is 0. The lowest BCUT2D eigenvalue weighted by Gasteiger charge is -2.06. The van der Waals surface area contributed by atoms with Crippen molar-refractivity contribution in [1.82, 2.24) is 19.9 Å². The fourth-order valence-electron chi connectivity index (χ4n) is 2.51. The van der Waals surface area contributed by atoms with Crippen LogP contribution in [0.1, 0.15) is 0 Å². The predicted molar refractivity (Wildman–Crippen MR) is 100 cm³/mol. The molecule has 0 unspecified atom stereocenters. The van der Waals surface area contributed by atoms with Crippen molar-refractivity contribution in [1.29, 1.82) is 0 Å². The predicted octanol–water partition coefficient (Wildman–Crippen LogP) is 3.75. The Balaban J connectivity index is 1.72. The van der Waals surface area contributed by atoms with Crippen molar-refractivity contribution in [3.05, 3.63) is 75.8 Å². The lowest BCUT2D eigenvalue weighted by molar-refractivity contribution is 0.414. The molecule has 4 rings (SSSR count). The first-order valence-corrected chi connectivity index (χ1v) is 8.47. The van der Waals surface area contributed by atoms with Crippen LogP contribution in [0.25, 0.3) is 28.7 Å². The number of benzene rings is 2. The van der Waals surface area contributed by atoms with Crippen LogP contribution in [0.5, 0.6) is 5.75 Å². The van der Waals surface area contributed by atoms with Crippen molar-refractivity contribution in [2.24, 2.45) is 0 Å². The van der Waals surface area contributed by atoms with Crippen LogP contribution in [0.15, 0.2) is 64.0 Å². The highest BCUT2D eigenvalue weighted by Gasteiger charge is 2.17. The quantitative estimate of drug-likeness (QED) is 0.520. The first-order chi connectivity index (χ1) is 13.5. The lowest BCUT2D eigenvalue weighted by atomic mass is 10.2. The van der Waals surface area contributed by atoms with Gasteiger partial charge in [-0.3, -0.25) is 4.79 Å². The molecule has 4 aromatic rings. The zero-order valence-electron chi connectivity index (χ0n) is 14.5. The van der Waals surface area contributed by atoms with Crippen molar-refractivity contribution in [2.45, 2.75) is 0 Å². The normalized spacial score (nSPS) is 10.8. The highest BCUT2D eigenvalue weighted by atomic mass is 35.5. The van der Waals surface area contributed by atoms with Crippen molar-refractivity contribution in [2.75, 3.05) is 7.11 Å². The Morgan fingerprint density at radius 1 is 1.14 bits per heavy atom. The third-order valence-corrected chi connectivity index (χ3v) is 4.26. The summed E-state index contributed by atoms with van der Waals surface area (Å²) in [4.78, 5) is 16.4. The molecule has 9 heteroatoms. The van der Waals surface area contributed by atoms with Crippen LogP contribution in [0.3, 0.4) is 0 Å². The number of halogens is 2. The first-order valence-electron chi connectivity index (χ1n) is 8.09. The van der Waals surface area contributed by atoms with Gasteiger partial charge in [0.15, 0.2) is 5.69 Å². The summed E-state index contributed by atoms with van der Waals surface area (Å²) in [6, 6.07) is 12.6. The lowest BCUT2D eigenvalue weighted by Crippen LogP contribution is -2.12. The maximum atomic E-state index is 13.7. The molecule has 0 aliphatic heterocycles. The van der Waals surface area contributed by atoms with E-state index >= 15 is 0 Å². The average molecular weight is 399 g/mol. The number of ether oxygens (including phenoxy) is 1. The van der Waals surface area contributed by atoms with Crippen LogP contribution < -0.4 is 10.2 Å². The number of nitrogens with zero attached hydrogens (tertiary/aromatic N) is 4. The molecule has 0 amide bonds. The second kappa shape index (κ2) is 7.24. The molecule has 2 aromatic carbocycles. The zero-order valence-corrected chi connectivity index (χ0v) is 15.2. The molecule has 0 bridgehead atoms. The fourth-order valence-corrected chi connectivity index (χ4v) is 2.62. The van der Waals surface area contributed by atoms with E-state index in [9.17, 15) is 9.18 Å². The van der Waals surface area contributed by atoms with E-state index in [1.54, 1.807) is 37.4 Å². The van der Waals surface area contributed by atoms with E-state index in [-0.39, 0.29) is 27.9 Å². The van der Waals surface area contributed by atoms with E-state index in [0.717, 1.165) is 0 Å². The van der Waals surface area contributed by atoms with E-state index < -0.39 is 5.82 Å². The molecule has 0 atom stereocenters. The van der Waals surface area contributed by atoms with Crippen LogP contribution in [0.4, 0.5) is 4.39 Å². The first kappa shape index (κ1) is 17.9. The third-order valence-electron chi connectivity index (χ3n) is 3.95. The summed E-state index contributed by atoms with van der Waals surface area (Å²) in [5.41, 5.74) is 0.665. The number of aromatic nitrogens is 4. The maximum Gasteiger partial charge on any atom is 0.282 e. The minimum Gasteiger partial charge on any atom is -0.497 e. The molecule has 7 nitrogen and oxygen atoms in total. The van der Waals surface area contributed by atoms with E-state index in [4.69, 9.17) is 20.9 Å². The second-order valence-electron chi connectivity index (χ2n) is 5.72. The van der Waals surface area contributed by atoms with Gasteiger partial charge in [0.25, 0.3) is 5.89 Å². The van der Waals surface area contributed by atoms with Gasteiger partial charge in [0.1, 0.15) is 11.6 Å².